The number of carbonyl (C=O) groups is 8. The fourth-order valence-electron chi connectivity index (χ4n) is 4.55. The summed E-state index contributed by atoms with van der Waals surface area (Å²) in [6.07, 6.45) is 4.04. The summed E-state index contributed by atoms with van der Waals surface area (Å²) in [5.41, 5.74) is -0.0709. The number of hydrogen-bond acceptors (Lipinski definition) is 11. The van der Waals surface area contributed by atoms with Crippen molar-refractivity contribution in [2.45, 2.75) is 0 Å². The third kappa shape index (κ3) is 4.93. The first-order valence-electron chi connectivity index (χ1n) is 12.3. The SMILES string of the molecule is O=C1C=C(N(C2=CC(=O)NC2=O)c2ccc(Oc3ccc(N(C4=CC(=O)NC4=O)C4=CC(=O)NC4=O)cc3)cc2)C(=O)N1. The summed E-state index contributed by atoms with van der Waals surface area (Å²) in [4.78, 5) is 98.9. The maximum Gasteiger partial charge on any atom is 0.275 e. The minimum atomic E-state index is -0.752. The Morgan fingerprint density at radius 1 is 0.395 bits per heavy atom. The van der Waals surface area contributed by atoms with Crippen molar-refractivity contribution in [1.82, 2.24) is 21.3 Å². The van der Waals surface area contributed by atoms with E-state index in [1.165, 1.54) is 58.3 Å². The zero-order chi connectivity index (χ0) is 30.4. The van der Waals surface area contributed by atoms with Crippen LogP contribution in [0.1, 0.15) is 0 Å². The zero-order valence-electron chi connectivity index (χ0n) is 21.5. The molecule has 0 saturated carbocycles. The first-order chi connectivity index (χ1) is 20.6. The van der Waals surface area contributed by atoms with E-state index in [2.05, 4.69) is 21.3 Å². The number of imide groups is 4. The molecule has 8 amide bonds. The Hall–Kier alpha value is -6.64. The highest BCUT2D eigenvalue weighted by Gasteiger charge is 2.36. The summed E-state index contributed by atoms with van der Waals surface area (Å²) in [6, 6.07) is 12.1. The molecule has 4 N–H and O–H groups in total. The fraction of sp³-hybridized carbons (Fsp3) is 0. The molecule has 0 atom stereocenters. The molecule has 4 aliphatic rings. The van der Waals surface area contributed by atoms with Crippen molar-refractivity contribution in [3.63, 3.8) is 0 Å². The van der Waals surface area contributed by atoms with E-state index >= 15 is 0 Å². The van der Waals surface area contributed by atoms with Gasteiger partial charge in [0.2, 0.25) is 0 Å². The largest absolute Gasteiger partial charge is 0.457 e. The monoisotopic (exact) mass is 580 g/mol. The van der Waals surface area contributed by atoms with Crippen molar-refractivity contribution in [2.24, 2.45) is 0 Å². The van der Waals surface area contributed by atoms with E-state index in [4.69, 9.17) is 4.74 Å². The number of ether oxygens (including phenoxy) is 1. The molecule has 0 radical (unpaired) electrons. The lowest BCUT2D eigenvalue weighted by atomic mass is 10.2. The molecular formula is C28H16N6O9. The van der Waals surface area contributed by atoms with Crippen LogP contribution in [0.4, 0.5) is 11.4 Å². The summed E-state index contributed by atoms with van der Waals surface area (Å²) in [5, 5.41) is 8.40. The molecule has 0 unspecified atom stereocenters. The van der Waals surface area contributed by atoms with Gasteiger partial charge >= 0.3 is 0 Å². The van der Waals surface area contributed by atoms with E-state index in [0.717, 1.165) is 24.3 Å². The number of hydrogen-bond donors (Lipinski definition) is 4. The van der Waals surface area contributed by atoms with Crippen molar-refractivity contribution in [3.05, 3.63) is 95.6 Å². The quantitative estimate of drug-likeness (QED) is 0.287. The van der Waals surface area contributed by atoms with Crippen LogP contribution < -0.4 is 35.8 Å². The third-order valence-electron chi connectivity index (χ3n) is 6.34. The average molecular weight is 580 g/mol. The number of benzene rings is 2. The number of nitrogens with one attached hydrogen (secondary N) is 4. The highest BCUT2D eigenvalue weighted by atomic mass is 16.5. The summed E-state index contributed by atoms with van der Waals surface area (Å²) < 4.78 is 5.87. The van der Waals surface area contributed by atoms with Crippen molar-refractivity contribution < 1.29 is 43.1 Å². The summed E-state index contributed by atoms with van der Waals surface area (Å²) in [5.74, 6) is -5.07. The minimum absolute atomic E-state index is 0.157. The van der Waals surface area contributed by atoms with Crippen LogP contribution in [-0.4, -0.2) is 47.3 Å². The van der Waals surface area contributed by atoms with E-state index in [1.54, 1.807) is 0 Å². The second-order valence-corrected chi connectivity index (χ2v) is 9.15. The maximum atomic E-state index is 12.4. The van der Waals surface area contributed by atoms with E-state index in [1.807, 2.05) is 0 Å². The molecule has 43 heavy (non-hydrogen) atoms. The van der Waals surface area contributed by atoms with Crippen LogP contribution in [0.25, 0.3) is 0 Å². The van der Waals surface area contributed by atoms with Crippen LogP contribution in [0, 0.1) is 0 Å². The molecule has 2 aromatic carbocycles. The van der Waals surface area contributed by atoms with E-state index < -0.39 is 47.3 Å². The summed E-state index contributed by atoms with van der Waals surface area (Å²) in [6.45, 7) is 0. The van der Waals surface area contributed by atoms with Gasteiger partial charge in [0.15, 0.2) is 0 Å². The molecule has 0 saturated heterocycles. The lowest BCUT2D eigenvalue weighted by Gasteiger charge is -2.24. The summed E-state index contributed by atoms with van der Waals surface area (Å²) >= 11 is 0. The molecule has 0 aliphatic carbocycles. The van der Waals surface area contributed by atoms with Gasteiger partial charge in [-0.1, -0.05) is 0 Å². The Balaban J connectivity index is 1.26. The van der Waals surface area contributed by atoms with E-state index in [-0.39, 0.29) is 34.2 Å². The lowest BCUT2D eigenvalue weighted by molar-refractivity contribution is -0.125. The van der Waals surface area contributed by atoms with Gasteiger partial charge in [0.05, 0.1) is 0 Å². The Kier molecular flexibility index (Phi) is 6.23. The molecule has 0 bridgehead atoms. The topological polar surface area (TPSA) is 200 Å². The molecule has 0 fully saturated rings. The van der Waals surface area contributed by atoms with Gasteiger partial charge < -0.3 is 14.5 Å². The lowest BCUT2D eigenvalue weighted by Crippen LogP contribution is -2.34. The van der Waals surface area contributed by atoms with Gasteiger partial charge in [0.1, 0.15) is 34.3 Å². The van der Waals surface area contributed by atoms with Crippen molar-refractivity contribution >= 4 is 58.6 Å². The Morgan fingerprint density at radius 3 is 0.860 bits per heavy atom. The third-order valence-corrected chi connectivity index (χ3v) is 6.34. The molecule has 2 aromatic rings. The molecule has 4 aliphatic heterocycles. The van der Waals surface area contributed by atoms with Gasteiger partial charge in [-0.25, -0.2) is 0 Å². The van der Waals surface area contributed by atoms with Crippen LogP contribution >= 0.6 is 0 Å². The second kappa shape index (κ2) is 10.1. The maximum absolute atomic E-state index is 12.4. The first-order valence-corrected chi connectivity index (χ1v) is 12.3. The molecule has 0 spiro atoms. The number of rotatable bonds is 8. The number of carbonyl (C=O) groups excluding carboxylic acids is 8. The van der Waals surface area contributed by atoms with Crippen LogP contribution in [-0.2, 0) is 38.4 Å². The second-order valence-electron chi connectivity index (χ2n) is 9.15. The van der Waals surface area contributed by atoms with Gasteiger partial charge in [-0.2, -0.15) is 0 Å². The van der Waals surface area contributed by atoms with Crippen LogP contribution in [0.5, 0.6) is 11.5 Å². The molecular weight excluding hydrogens is 564 g/mol. The highest BCUT2D eigenvalue weighted by Crippen LogP contribution is 2.33. The predicted molar refractivity (Wildman–Crippen MR) is 143 cm³/mol. The van der Waals surface area contributed by atoms with Gasteiger partial charge in [-0.15, -0.1) is 0 Å². The van der Waals surface area contributed by atoms with E-state index in [0.29, 0.717) is 11.5 Å². The first kappa shape index (κ1) is 26.6. The van der Waals surface area contributed by atoms with Crippen molar-refractivity contribution in [1.29, 1.82) is 0 Å². The van der Waals surface area contributed by atoms with Gasteiger partial charge in [0.25, 0.3) is 47.3 Å². The molecule has 15 heteroatoms. The van der Waals surface area contributed by atoms with Crippen molar-refractivity contribution in [2.75, 3.05) is 9.80 Å². The standard InChI is InChI=1S/C28H16N6O9/c35-21-9-17(25(39)29-21)33(18-10-22(36)30-26(18)40)13-1-5-15(6-2-13)43-16-7-3-14(4-8-16)34(19-11-23(37)31-27(19)41)20-12-24(38)32-28(20)42/h1-12H,(H,29,35,39)(H,30,36,40)(H,31,37,41)(H,32,38,42). The zero-order valence-corrected chi connectivity index (χ0v) is 21.5. The van der Waals surface area contributed by atoms with Gasteiger partial charge in [-0.05, 0) is 48.5 Å². The minimum Gasteiger partial charge on any atom is -0.457 e. The Bertz CT molecular complexity index is 1610. The predicted octanol–water partition coefficient (Wildman–Crippen LogP) is -0.747. The molecule has 0 aromatic heterocycles. The number of amides is 8. The Morgan fingerprint density at radius 2 is 0.651 bits per heavy atom. The molecule has 6 rings (SSSR count). The fourth-order valence-corrected chi connectivity index (χ4v) is 4.55. The van der Waals surface area contributed by atoms with Crippen molar-refractivity contribution in [3.8, 4) is 11.5 Å². The van der Waals surface area contributed by atoms with Crippen LogP contribution in [0.15, 0.2) is 95.6 Å². The average Bonchev–Trinajstić information content (AvgIpc) is 3.68. The molecule has 4 heterocycles. The molecule has 15 nitrogen and oxygen atoms in total. The van der Waals surface area contributed by atoms with Crippen LogP contribution in [0.2, 0.25) is 0 Å². The molecule has 212 valence electrons. The number of nitrogens with zero attached hydrogens (tertiary/aromatic N) is 2. The van der Waals surface area contributed by atoms with Crippen LogP contribution in [0.3, 0.4) is 0 Å². The highest BCUT2D eigenvalue weighted by molar-refractivity contribution is 6.24. The smallest absolute Gasteiger partial charge is 0.275 e. The number of anilines is 2. The van der Waals surface area contributed by atoms with E-state index in [9.17, 15) is 38.4 Å². The Labute approximate surface area is 240 Å². The van der Waals surface area contributed by atoms with Gasteiger partial charge in [-0.3, -0.25) is 59.6 Å². The normalized spacial score (nSPS) is 17.6. The summed E-state index contributed by atoms with van der Waals surface area (Å²) in [7, 11) is 0. The van der Waals surface area contributed by atoms with Gasteiger partial charge in [0, 0.05) is 35.7 Å².